The van der Waals surface area contributed by atoms with Gasteiger partial charge in [0.2, 0.25) is 15.0 Å². The first-order valence-electron chi connectivity index (χ1n) is 7.14. The molecule has 2 rings (SSSR count). The van der Waals surface area contributed by atoms with E-state index in [0.717, 1.165) is 0 Å². The van der Waals surface area contributed by atoms with Crippen molar-refractivity contribution in [3.05, 3.63) is 33.8 Å². The minimum atomic E-state index is -3.65. The Balaban J connectivity index is 2.23. The predicted octanol–water partition coefficient (Wildman–Crippen LogP) is 2.73. The molecule has 26 heavy (non-hydrogen) atoms. The van der Waals surface area contributed by atoms with Crippen LogP contribution in [0.3, 0.4) is 0 Å². The highest BCUT2D eigenvalue weighted by Crippen LogP contribution is 2.25. The summed E-state index contributed by atoms with van der Waals surface area (Å²) in [6, 6.07) is 6.25. The maximum atomic E-state index is 12.2. The lowest BCUT2D eigenvalue weighted by Gasteiger charge is -2.02. The van der Waals surface area contributed by atoms with Crippen molar-refractivity contribution in [1.82, 2.24) is 9.36 Å². The van der Waals surface area contributed by atoms with Crippen LogP contribution in [0.25, 0.3) is 6.08 Å². The number of benzene rings is 1. The van der Waals surface area contributed by atoms with Crippen molar-refractivity contribution < 1.29 is 18.3 Å². The van der Waals surface area contributed by atoms with Gasteiger partial charge >= 0.3 is 0 Å². The van der Waals surface area contributed by atoms with E-state index >= 15 is 0 Å². The Labute approximate surface area is 162 Å². The Morgan fingerprint density at radius 2 is 2.15 bits per heavy atom. The highest BCUT2D eigenvalue weighted by Gasteiger charge is 2.25. The number of nitriles is 1. The van der Waals surface area contributed by atoms with Crippen LogP contribution < -0.4 is 5.32 Å². The molecule has 1 aromatic carbocycles. The van der Waals surface area contributed by atoms with Crippen LogP contribution in [0, 0.1) is 11.3 Å². The van der Waals surface area contributed by atoms with Crippen LogP contribution in [-0.2, 0) is 14.6 Å². The quantitative estimate of drug-likeness (QED) is 0.521. The van der Waals surface area contributed by atoms with Gasteiger partial charge in [-0.2, -0.15) is 14.6 Å². The predicted molar refractivity (Wildman–Crippen MR) is 100 cm³/mol. The smallest absolute Gasteiger partial charge is 0.268 e. The van der Waals surface area contributed by atoms with E-state index in [0.29, 0.717) is 21.6 Å². The van der Waals surface area contributed by atoms with Gasteiger partial charge < -0.3 is 5.11 Å². The second-order valence-electron chi connectivity index (χ2n) is 5.31. The summed E-state index contributed by atoms with van der Waals surface area (Å²) in [6.45, 7) is 3.00. The number of amides is 1. The number of halogens is 1. The summed E-state index contributed by atoms with van der Waals surface area (Å²) < 4.78 is 28.2. The molecule has 1 heterocycles. The average molecular weight is 457 g/mol. The van der Waals surface area contributed by atoms with Gasteiger partial charge in [0.1, 0.15) is 17.4 Å². The normalized spacial score (nSPS) is 12.0. The molecule has 0 radical (unpaired) electrons. The number of nitrogens with one attached hydrogen (secondary N) is 1. The van der Waals surface area contributed by atoms with E-state index in [-0.39, 0.29) is 21.6 Å². The van der Waals surface area contributed by atoms with Crippen LogP contribution >= 0.6 is 27.5 Å². The molecule has 0 bridgehead atoms. The summed E-state index contributed by atoms with van der Waals surface area (Å²) in [5.41, 5.74) is 0.299. The lowest BCUT2D eigenvalue weighted by atomic mass is 10.1. The number of nitrogens with zero attached hydrogens (tertiary/aromatic N) is 3. The van der Waals surface area contributed by atoms with Crippen LogP contribution in [-0.4, -0.2) is 34.0 Å². The third-order valence-corrected chi connectivity index (χ3v) is 6.46. The van der Waals surface area contributed by atoms with Crippen LogP contribution in [0.4, 0.5) is 5.13 Å². The van der Waals surface area contributed by atoms with Gasteiger partial charge in [0.25, 0.3) is 11.1 Å². The first-order valence-corrected chi connectivity index (χ1v) is 10.3. The van der Waals surface area contributed by atoms with Crippen molar-refractivity contribution in [2.24, 2.45) is 0 Å². The molecule has 0 atom stereocenters. The molecular formula is C15H13BrN4O4S2. The second-order valence-corrected chi connectivity index (χ2v) is 9.31. The van der Waals surface area contributed by atoms with Gasteiger partial charge in [0.15, 0.2) is 0 Å². The molecule has 0 saturated heterocycles. The van der Waals surface area contributed by atoms with Crippen molar-refractivity contribution in [2.45, 2.75) is 24.3 Å². The summed E-state index contributed by atoms with van der Waals surface area (Å²) in [6.07, 6.45) is 1.33. The molecule has 0 fully saturated rings. The number of carbonyl (C=O) groups excluding carboxylic acids is 1. The standard InChI is InChI=1S/C15H13BrN4O4S2/c1-8(2)26(23,24)15-19-14(25-20-15)18-13(22)10(7-17)5-9-3-4-12(21)11(16)6-9/h3-6,8,21H,1-2H3,(H,18,19,20,22)/b10-5-. The van der Waals surface area contributed by atoms with E-state index in [2.05, 4.69) is 30.6 Å². The number of aromatic nitrogens is 2. The summed E-state index contributed by atoms with van der Waals surface area (Å²) in [7, 11) is -3.65. The summed E-state index contributed by atoms with van der Waals surface area (Å²) in [5.74, 6) is -0.723. The fourth-order valence-corrected chi connectivity index (χ4v) is 3.77. The molecule has 11 heteroatoms. The number of phenols is 1. The fourth-order valence-electron chi connectivity index (χ4n) is 1.68. The molecule has 0 unspecified atom stereocenters. The first-order chi connectivity index (χ1) is 12.1. The average Bonchev–Trinajstić information content (AvgIpc) is 3.04. The summed E-state index contributed by atoms with van der Waals surface area (Å²) in [5, 5.41) is 19.9. The Kier molecular flexibility index (Phi) is 6.12. The molecule has 0 aliphatic carbocycles. The maximum Gasteiger partial charge on any atom is 0.268 e. The van der Waals surface area contributed by atoms with Crippen LogP contribution in [0.1, 0.15) is 19.4 Å². The molecule has 1 amide bonds. The molecule has 1 aromatic heterocycles. The number of hydrogen-bond donors (Lipinski definition) is 2. The van der Waals surface area contributed by atoms with E-state index < -0.39 is 21.0 Å². The van der Waals surface area contributed by atoms with E-state index in [1.165, 1.54) is 38.1 Å². The highest BCUT2D eigenvalue weighted by molar-refractivity contribution is 9.10. The number of hydrogen-bond acceptors (Lipinski definition) is 8. The number of phenolic OH excluding ortho intramolecular Hbond substituents is 1. The summed E-state index contributed by atoms with van der Waals surface area (Å²) in [4.78, 5) is 16.0. The van der Waals surface area contributed by atoms with Crippen molar-refractivity contribution in [3.63, 3.8) is 0 Å². The molecule has 0 spiro atoms. The molecule has 8 nitrogen and oxygen atoms in total. The minimum absolute atomic E-state index is 0.0257. The third kappa shape index (κ3) is 4.46. The van der Waals surface area contributed by atoms with Crippen molar-refractivity contribution >= 4 is 54.4 Å². The molecule has 0 aliphatic heterocycles. The van der Waals surface area contributed by atoms with Crippen LogP contribution in [0.2, 0.25) is 0 Å². The van der Waals surface area contributed by atoms with Gasteiger partial charge in [0.05, 0.1) is 9.72 Å². The number of rotatable bonds is 5. The molecular weight excluding hydrogens is 444 g/mol. The molecule has 0 aliphatic rings. The summed E-state index contributed by atoms with van der Waals surface area (Å²) >= 11 is 3.86. The fraction of sp³-hybridized carbons (Fsp3) is 0.200. The Morgan fingerprint density at radius 1 is 1.46 bits per heavy atom. The second kappa shape index (κ2) is 7.94. The largest absolute Gasteiger partial charge is 0.507 e. The highest BCUT2D eigenvalue weighted by atomic mass is 79.9. The molecule has 2 N–H and O–H groups in total. The van der Waals surface area contributed by atoms with E-state index in [1.807, 2.05) is 0 Å². The van der Waals surface area contributed by atoms with Gasteiger partial charge in [-0.25, -0.2) is 8.42 Å². The lowest BCUT2D eigenvalue weighted by Crippen LogP contribution is -2.16. The first kappa shape index (κ1) is 20.0. The van der Waals surface area contributed by atoms with E-state index in [1.54, 1.807) is 6.07 Å². The van der Waals surface area contributed by atoms with E-state index in [9.17, 15) is 23.6 Å². The van der Waals surface area contributed by atoms with Crippen molar-refractivity contribution in [3.8, 4) is 11.8 Å². The Morgan fingerprint density at radius 3 is 2.73 bits per heavy atom. The zero-order chi connectivity index (χ0) is 19.5. The topological polar surface area (TPSA) is 133 Å². The lowest BCUT2D eigenvalue weighted by molar-refractivity contribution is -0.112. The monoisotopic (exact) mass is 456 g/mol. The van der Waals surface area contributed by atoms with Gasteiger partial charge in [-0.15, -0.1) is 0 Å². The molecule has 0 saturated carbocycles. The van der Waals surface area contributed by atoms with E-state index in [4.69, 9.17) is 0 Å². The van der Waals surface area contributed by atoms with Gasteiger partial charge in [-0.1, -0.05) is 6.07 Å². The Bertz CT molecular complexity index is 1020. The zero-order valence-corrected chi connectivity index (χ0v) is 16.8. The minimum Gasteiger partial charge on any atom is -0.507 e. The maximum absolute atomic E-state index is 12.2. The molecule has 136 valence electrons. The van der Waals surface area contributed by atoms with Gasteiger partial charge in [-0.05, 0) is 53.5 Å². The van der Waals surface area contributed by atoms with Crippen LogP contribution in [0.5, 0.6) is 5.75 Å². The zero-order valence-electron chi connectivity index (χ0n) is 13.6. The van der Waals surface area contributed by atoms with Crippen LogP contribution in [0.15, 0.2) is 33.4 Å². The number of aromatic hydroxyl groups is 1. The number of sulfone groups is 1. The number of anilines is 1. The third-order valence-electron chi connectivity index (χ3n) is 3.15. The van der Waals surface area contributed by atoms with Crippen molar-refractivity contribution in [1.29, 1.82) is 5.26 Å². The Hall–Kier alpha value is -2.29. The molecule has 2 aromatic rings. The van der Waals surface area contributed by atoms with Gasteiger partial charge in [0, 0.05) is 11.5 Å². The number of carbonyl (C=O) groups is 1. The SMILES string of the molecule is CC(C)S(=O)(=O)c1nsc(NC(=O)/C(C#N)=C\c2ccc(O)c(Br)c2)n1. The van der Waals surface area contributed by atoms with Gasteiger partial charge in [-0.3, -0.25) is 10.1 Å². The van der Waals surface area contributed by atoms with Crippen molar-refractivity contribution in [2.75, 3.05) is 5.32 Å².